The predicted octanol–water partition coefficient (Wildman–Crippen LogP) is 3.80. The lowest BCUT2D eigenvalue weighted by Crippen LogP contribution is -2.43. The number of nitrogens with zero attached hydrogens (tertiary/aromatic N) is 3. The topological polar surface area (TPSA) is 76.3 Å². The Balaban J connectivity index is 1.64. The Morgan fingerprint density at radius 2 is 2.12 bits per heavy atom. The van der Waals surface area contributed by atoms with Crippen LogP contribution in [0.1, 0.15) is 20.3 Å². The molecule has 1 amide bonds. The first-order valence-corrected chi connectivity index (χ1v) is 9.68. The lowest BCUT2D eigenvalue weighted by molar-refractivity contribution is -0.384. The van der Waals surface area contributed by atoms with Gasteiger partial charge < -0.3 is 4.90 Å². The maximum absolute atomic E-state index is 12.4. The van der Waals surface area contributed by atoms with Gasteiger partial charge in [-0.25, -0.2) is 4.98 Å². The number of nitro benzene ring substituents is 1. The Hall–Kier alpha value is -1.67. The van der Waals surface area contributed by atoms with Gasteiger partial charge in [0.15, 0.2) is 4.34 Å². The fourth-order valence-electron chi connectivity index (χ4n) is 3.15. The minimum atomic E-state index is -0.409. The van der Waals surface area contributed by atoms with Crippen LogP contribution in [0.4, 0.5) is 5.69 Å². The standard InChI is InChI=1S/C16H19N3O3S2/c1-10-5-11(2)8-18(7-10)15(20)9-23-16-17-13-4-3-12(19(21)22)6-14(13)24-16/h3-4,6,10-11H,5,7-9H2,1-2H3. The molecule has 0 bridgehead atoms. The molecule has 0 saturated carbocycles. The van der Waals surface area contributed by atoms with Gasteiger partial charge in [-0.15, -0.1) is 11.3 Å². The van der Waals surface area contributed by atoms with E-state index < -0.39 is 4.92 Å². The van der Waals surface area contributed by atoms with Crippen LogP contribution in [-0.4, -0.2) is 39.6 Å². The first-order chi connectivity index (χ1) is 11.4. The van der Waals surface area contributed by atoms with Crippen molar-refractivity contribution in [3.8, 4) is 0 Å². The van der Waals surface area contributed by atoms with E-state index in [1.807, 2.05) is 4.90 Å². The molecular formula is C16H19N3O3S2. The van der Waals surface area contributed by atoms with Crippen LogP contribution in [-0.2, 0) is 4.79 Å². The molecular weight excluding hydrogens is 346 g/mol. The van der Waals surface area contributed by atoms with Gasteiger partial charge in [-0.1, -0.05) is 25.6 Å². The summed E-state index contributed by atoms with van der Waals surface area (Å²) in [5.74, 6) is 1.60. The van der Waals surface area contributed by atoms with Crippen molar-refractivity contribution >= 4 is 44.9 Å². The Bertz CT molecular complexity index is 767. The molecule has 2 aromatic rings. The number of thiazole rings is 1. The van der Waals surface area contributed by atoms with Gasteiger partial charge in [-0.2, -0.15) is 0 Å². The number of amides is 1. The van der Waals surface area contributed by atoms with E-state index >= 15 is 0 Å². The molecule has 2 heterocycles. The van der Waals surface area contributed by atoms with Crippen molar-refractivity contribution in [1.29, 1.82) is 0 Å². The van der Waals surface area contributed by atoms with Crippen LogP contribution in [0.5, 0.6) is 0 Å². The normalized spacial score (nSPS) is 21.2. The second-order valence-electron chi connectivity index (χ2n) is 6.42. The van der Waals surface area contributed by atoms with Crippen LogP contribution in [0.3, 0.4) is 0 Å². The molecule has 0 spiro atoms. The van der Waals surface area contributed by atoms with Gasteiger partial charge in [0.05, 0.1) is 20.9 Å². The van der Waals surface area contributed by atoms with E-state index in [9.17, 15) is 14.9 Å². The first-order valence-electron chi connectivity index (χ1n) is 7.88. The summed E-state index contributed by atoms with van der Waals surface area (Å²) in [6, 6.07) is 4.65. The van der Waals surface area contributed by atoms with Gasteiger partial charge >= 0.3 is 0 Å². The summed E-state index contributed by atoms with van der Waals surface area (Å²) in [7, 11) is 0. The van der Waals surface area contributed by atoms with E-state index in [0.717, 1.165) is 27.6 Å². The van der Waals surface area contributed by atoms with Crippen LogP contribution in [0.15, 0.2) is 22.5 Å². The number of likely N-dealkylation sites (tertiary alicyclic amines) is 1. The van der Waals surface area contributed by atoms with Crippen LogP contribution < -0.4 is 0 Å². The number of aromatic nitrogens is 1. The van der Waals surface area contributed by atoms with E-state index in [1.54, 1.807) is 6.07 Å². The molecule has 1 aliphatic heterocycles. The zero-order valence-electron chi connectivity index (χ0n) is 13.6. The maximum atomic E-state index is 12.4. The average molecular weight is 365 g/mol. The van der Waals surface area contributed by atoms with Crippen LogP contribution in [0, 0.1) is 22.0 Å². The van der Waals surface area contributed by atoms with Crippen LogP contribution in [0.2, 0.25) is 0 Å². The number of piperidine rings is 1. The number of carbonyl (C=O) groups is 1. The number of benzene rings is 1. The van der Waals surface area contributed by atoms with Gasteiger partial charge in [0.25, 0.3) is 5.69 Å². The van der Waals surface area contributed by atoms with Crippen molar-refractivity contribution < 1.29 is 9.72 Å². The van der Waals surface area contributed by atoms with Crippen molar-refractivity contribution in [3.05, 3.63) is 28.3 Å². The molecule has 2 unspecified atom stereocenters. The fraction of sp³-hybridized carbons (Fsp3) is 0.500. The molecule has 24 heavy (non-hydrogen) atoms. The van der Waals surface area contributed by atoms with Crippen molar-refractivity contribution in [2.75, 3.05) is 18.8 Å². The molecule has 6 nitrogen and oxygen atoms in total. The minimum absolute atomic E-state index is 0.0649. The van der Waals surface area contributed by atoms with E-state index in [0.29, 0.717) is 17.6 Å². The van der Waals surface area contributed by atoms with E-state index in [-0.39, 0.29) is 11.6 Å². The molecule has 1 aromatic heterocycles. The van der Waals surface area contributed by atoms with E-state index in [2.05, 4.69) is 18.8 Å². The Kier molecular flexibility index (Phi) is 5.05. The van der Waals surface area contributed by atoms with Crippen LogP contribution >= 0.6 is 23.1 Å². The third-order valence-corrected chi connectivity index (χ3v) is 6.25. The quantitative estimate of drug-likeness (QED) is 0.468. The number of fused-ring (bicyclic) bond motifs is 1. The molecule has 1 aliphatic rings. The molecule has 0 aliphatic carbocycles. The number of thioether (sulfide) groups is 1. The lowest BCUT2D eigenvalue weighted by Gasteiger charge is -2.34. The smallest absolute Gasteiger partial charge is 0.270 e. The van der Waals surface area contributed by atoms with Crippen molar-refractivity contribution in [2.24, 2.45) is 11.8 Å². The Morgan fingerprint density at radius 1 is 1.42 bits per heavy atom. The molecule has 3 rings (SSSR count). The summed E-state index contributed by atoms with van der Waals surface area (Å²) in [5.41, 5.74) is 0.802. The molecule has 128 valence electrons. The fourth-order valence-corrected chi connectivity index (χ4v) is 5.15. The SMILES string of the molecule is CC1CC(C)CN(C(=O)CSc2nc3ccc([N+](=O)[O-])cc3s2)C1. The Labute approximate surface area is 148 Å². The summed E-state index contributed by atoms with van der Waals surface area (Å²) in [4.78, 5) is 29.2. The third kappa shape index (κ3) is 3.87. The minimum Gasteiger partial charge on any atom is -0.341 e. The largest absolute Gasteiger partial charge is 0.341 e. The third-order valence-electron chi connectivity index (χ3n) is 4.10. The molecule has 2 atom stereocenters. The summed E-state index contributed by atoms with van der Waals surface area (Å²) in [6.45, 7) is 6.03. The average Bonchev–Trinajstić information content (AvgIpc) is 2.93. The van der Waals surface area contributed by atoms with Crippen LogP contribution in [0.25, 0.3) is 10.2 Å². The molecule has 1 saturated heterocycles. The first kappa shape index (κ1) is 17.2. The molecule has 0 N–H and O–H groups in total. The predicted molar refractivity (Wildman–Crippen MR) is 96.5 cm³/mol. The monoisotopic (exact) mass is 365 g/mol. The molecule has 0 radical (unpaired) electrons. The van der Waals surface area contributed by atoms with Gasteiger partial charge in [0, 0.05) is 25.2 Å². The van der Waals surface area contributed by atoms with Crippen molar-refractivity contribution in [1.82, 2.24) is 9.88 Å². The van der Waals surface area contributed by atoms with Crippen molar-refractivity contribution in [3.63, 3.8) is 0 Å². The summed E-state index contributed by atoms with van der Waals surface area (Å²) < 4.78 is 1.55. The second kappa shape index (κ2) is 7.06. The maximum Gasteiger partial charge on any atom is 0.270 e. The molecule has 1 aromatic carbocycles. The molecule has 1 fully saturated rings. The zero-order chi connectivity index (χ0) is 17.3. The Morgan fingerprint density at radius 3 is 2.79 bits per heavy atom. The number of nitro groups is 1. The second-order valence-corrected chi connectivity index (χ2v) is 8.68. The highest BCUT2D eigenvalue weighted by Crippen LogP contribution is 2.32. The van der Waals surface area contributed by atoms with Gasteiger partial charge in [-0.3, -0.25) is 14.9 Å². The summed E-state index contributed by atoms with van der Waals surface area (Å²) in [5, 5.41) is 10.8. The number of hydrogen-bond acceptors (Lipinski definition) is 6. The number of hydrogen-bond donors (Lipinski definition) is 0. The number of non-ortho nitro benzene ring substituents is 1. The highest BCUT2D eigenvalue weighted by Gasteiger charge is 2.25. The zero-order valence-corrected chi connectivity index (χ0v) is 15.2. The van der Waals surface area contributed by atoms with Gasteiger partial charge in [0.1, 0.15) is 0 Å². The highest BCUT2D eigenvalue weighted by atomic mass is 32.2. The van der Waals surface area contributed by atoms with Gasteiger partial charge in [-0.05, 0) is 24.3 Å². The summed E-state index contributed by atoms with van der Waals surface area (Å²) in [6.07, 6.45) is 1.17. The van der Waals surface area contributed by atoms with E-state index in [4.69, 9.17) is 0 Å². The van der Waals surface area contributed by atoms with Gasteiger partial charge in [0.2, 0.25) is 5.91 Å². The number of carbonyl (C=O) groups excluding carboxylic acids is 1. The lowest BCUT2D eigenvalue weighted by atomic mass is 9.92. The van der Waals surface area contributed by atoms with E-state index in [1.165, 1.54) is 41.7 Å². The van der Waals surface area contributed by atoms with Crippen molar-refractivity contribution in [2.45, 2.75) is 24.6 Å². The summed E-state index contributed by atoms with van der Waals surface area (Å²) >= 11 is 2.81. The highest BCUT2D eigenvalue weighted by molar-refractivity contribution is 8.01. The number of rotatable bonds is 4. The molecule has 8 heteroatoms.